The fourth-order valence-electron chi connectivity index (χ4n) is 2.45. The molecule has 0 bridgehead atoms. The van der Waals surface area contributed by atoms with Crippen molar-refractivity contribution in [1.29, 1.82) is 0 Å². The van der Waals surface area contributed by atoms with Crippen LogP contribution in [0.3, 0.4) is 0 Å². The molecule has 0 heterocycles. The molecule has 24 heavy (non-hydrogen) atoms. The average molecular weight is 344 g/mol. The molecule has 2 N–H and O–H groups in total. The van der Waals surface area contributed by atoms with Crippen LogP contribution >= 0.6 is 12.4 Å². The van der Waals surface area contributed by atoms with Gasteiger partial charge in [0.15, 0.2) is 0 Å². The quantitative estimate of drug-likeness (QED) is 0.711. The van der Waals surface area contributed by atoms with Gasteiger partial charge in [-0.25, -0.2) is 4.39 Å². The minimum atomic E-state index is -0.266. The van der Waals surface area contributed by atoms with Gasteiger partial charge >= 0.3 is 0 Å². The second-order valence-corrected chi connectivity index (χ2v) is 5.29. The van der Waals surface area contributed by atoms with E-state index in [1.54, 1.807) is 12.1 Å². The van der Waals surface area contributed by atoms with Crippen LogP contribution in [0.4, 0.5) is 4.39 Å². The Hall–Kier alpha value is -2.36. The van der Waals surface area contributed by atoms with E-state index in [0.29, 0.717) is 24.5 Å². The molecule has 0 atom stereocenters. The summed E-state index contributed by atoms with van der Waals surface area (Å²) in [4.78, 5) is 0. The number of hydrogen-bond acceptors (Lipinski definition) is 2. The molecule has 2 nitrogen and oxygen atoms in total. The Morgan fingerprint density at radius 1 is 0.792 bits per heavy atom. The lowest BCUT2D eigenvalue weighted by Crippen LogP contribution is -2.01. The van der Waals surface area contributed by atoms with E-state index in [0.717, 1.165) is 16.7 Å². The van der Waals surface area contributed by atoms with Crippen molar-refractivity contribution >= 4 is 12.4 Å². The van der Waals surface area contributed by atoms with Crippen molar-refractivity contribution in [2.45, 2.75) is 13.2 Å². The van der Waals surface area contributed by atoms with Gasteiger partial charge < -0.3 is 10.5 Å². The summed E-state index contributed by atoms with van der Waals surface area (Å²) in [6, 6.07) is 22.2. The number of ether oxygens (including phenoxy) is 1. The first-order valence-electron chi connectivity index (χ1n) is 7.52. The molecule has 3 rings (SSSR count). The molecule has 3 aromatic rings. The maximum atomic E-state index is 14.1. The van der Waals surface area contributed by atoms with Crippen molar-refractivity contribution in [2.75, 3.05) is 0 Å². The Kier molecular flexibility index (Phi) is 6.36. The molecule has 0 spiro atoms. The number of benzene rings is 3. The summed E-state index contributed by atoms with van der Waals surface area (Å²) >= 11 is 0. The van der Waals surface area contributed by atoms with Crippen molar-refractivity contribution in [3.05, 3.63) is 89.7 Å². The van der Waals surface area contributed by atoms with Crippen molar-refractivity contribution in [3.8, 4) is 16.9 Å². The third-order valence-corrected chi connectivity index (χ3v) is 3.68. The molecule has 0 aliphatic heterocycles. The fraction of sp³-hybridized carbons (Fsp3) is 0.100. The van der Waals surface area contributed by atoms with Crippen LogP contribution < -0.4 is 10.5 Å². The molecular weight excluding hydrogens is 325 g/mol. The molecule has 0 unspecified atom stereocenters. The predicted octanol–water partition coefficient (Wildman–Crippen LogP) is 4.95. The highest BCUT2D eigenvalue weighted by molar-refractivity contribution is 5.85. The van der Waals surface area contributed by atoms with Crippen LogP contribution in [0.25, 0.3) is 11.1 Å². The Morgan fingerprint density at radius 3 is 2.21 bits per heavy atom. The number of halogens is 2. The number of hydrogen-bond donors (Lipinski definition) is 1. The van der Waals surface area contributed by atoms with E-state index in [1.807, 2.05) is 54.6 Å². The van der Waals surface area contributed by atoms with Gasteiger partial charge in [-0.3, -0.25) is 0 Å². The highest BCUT2D eigenvalue weighted by Crippen LogP contribution is 2.33. The molecule has 0 saturated carbocycles. The first-order valence-corrected chi connectivity index (χ1v) is 7.52. The lowest BCUT2D eigenvalue weighted by molar-refractivity contribution is 0.307. The lowest BCUT2D eigenvalue weighted by Gasteiger charge is -2.14. The van der Waals surface area contributed by atoms with Gasteiger partial charge in [0.1, 0.15) is 18.2 Å². The molecule has 0 aliphatic carbocycles. The zero-order valence-corrected chi connectivity index (χ0v) is 13.9. The van der Waals surface area contributed by atoms with Crippen molar-refractivity contribution < 1.29 is 9.13 Å². The lowest BCUT2D eigenvalue weighted by atomic mass is 10.0. The Bertz CT molecular complexity index is 793. The van der Waals surface area contributed by atoms with Crippen molar-refractivity contribution in [2.24, 2.45) is 5.73 Å². The normalized spacial score (nSPS) is 10.1. The summed E-state index contributed by atoms with van der Waals surface area (Å²) < 4.78 is 20.1. The van der Waals surface area contributed by atoms with Crippen LogP contribution in [0.5, 0.6) is 5.75 Å². The summed E-state index contributed by atoms with van der Waals surface area (Å²) in [5, 5.41) is 0. The summed E-state index contributed by atoms with van der Waals surface area (Å²) in [5.74, 6) is 0.375. The van der Waals surface area contributed by atoms with E-state index in [1.165, 1.54) is 6.07 Å². The maximum absolute atomic E-state index is 14.1. The van der Waals surface area contributed by atoms with E-state index in [4.69, 9.17) is 10.5 Å². The summed E-state index contributed by atoms with van der Waals surface area (Å²) in [5.41, 5.74) is 8.99. The predicted molar refractivity (Wildman–Crippen MR) is 97.7 cm³/mol. The Labute approximate surface area is 147 Å². The van der Waals surface area contributed by atoms with Gasteiger partial charge in [0.05, 0.1) is 0 Å². The highest BCUT2D eigenvalue weighted by Gasteiger charge is 2.11. The van der Waals surface area contributed by atoms with E-state index in [9.17, 15) is 4.39 Å². The fourth-order valence-corrected chi connectivity index (χ4v) is 2.45. The van der Waals surface area contributed by atoms with Crippen LogP contribution in [-0.2, 0) is 13.2 Å². The van der Waals surface area contributed by atoms with Gasteiger partial charge in [-0.05, 0) is 23.3 Å². The standard InChI is InChI=1S/C20H18FNO.ClH/c21-19-9-5-4-8-17(19)18-11-10-16(13-22)12-20(18)23-14-15-6-2-1-3-7-15;/h1-12H,13-14,22H2;1H. The first kappa shape index (κ1) is 18.0. The molecular formula is C20H19ClFNO. The van der Waals surface area contributed by atoms with Crippen LogP contribution in [0.15, 0.2) is 72.8 Å². The zero-order chi connectivity index (χ0) is 16.1. The third-order valence-electron chi connectivity index (χ3n) is 3.68. The number of nitrogens with two attached hydrogens (primary N) is 1. The van der Waals surface area contributed by atoms with Crippen LogP contribution in [0, 0.1) is 5.82 Å². The van der Waals surface area contributed by atoms with Crippen molar-refractivity contribution in [1.82, 2.24) is 0 Å². The smallest absolute Gasteiger partial charge is 0.131 e. The van der Waals surface area contributed by atoms with Gasteiger partial charge in [0.2, 0.25) is 0 Å². The Morgan fingerprint density at radius 2 is 1.50 bits per heavy atom. The topological polar surface area (TPSA) is 35.2 Å². The minimum Gasteiger partial charge on any atom is -0.488 e. The molecule has 0 saturated heterocycles. The molecule has 0 fully saturated rings. The molecule has 124 valence electrons. The SMILES string of the molecule is Cl.NCc1ccc(-c2ccccc2F)c(OCc2ccccc2)c1. The molecule has 0 amide bonds. The van der Waals surface area contributed by atoms with Gasteiger partial charge in [-0.1, -0.05) is 60.7 Å². The van der Waals surface area contributed by atoms with Crippen LogP contribution in [0.1, 0.15) is 11.1 Å². The van der Waals surface area contributed by atoms with Crippen LogP contribution in [0.2, 0.25) is 0 Å². The van der Waals surface area contributed by atoms with Gasteiger partial charge in [0.25, 0.3) is 0 Å². The summed E-state index contributed by atoms with van der Waals surface area (Å²) in [6.07, 6.45) is 0. The average Bonchev–Trinajstić information content (AvgIpc) is 2.61. The molecule has 0 radical (unpaired) electrons. The summed E-state index contributed by atoms with van der Waals surface area (Å²) in [7, 11) is 0. The molecule has 4 heteroatoms. The first-order chi connectivity index (χ1) is 11.3. The monoisotopic (exact) mass is 343 g/mol. The Balaban J connectivity index is 0.00000208. The van der Waals surface area contributed by atoms with Gasteiger partial charge in [0, 0.05) is 17.7 Å². The highest BCUT2D eigenvalue weighted by atomic mass is 35.5. The second-order valence-electron chi connectivity index (χ2n) is 5.29. The minimum absolute atomic E-state index is 0. The van der Waals surface area contributed by atoms with Crippen LogP contribution in [-0.4, -0.2) is 0 Å². The van der Waals surface area contributed by atoms with Gasteiger partial charge in [-0.2, -0.15) is 0 Å². The zero-order valence-electron chi connectivity index (χ0n) is 13.1. The van der Waals surface area contributed by atoms with E-state index in [2.05, 4.69) is 0 Å². The molecule has 3 aromatic carbocycles. The largest absolute Gasteiger partial charge is 0.488 e. The van der Waals surface area contributed by atoms with Crippen molar-refractivity contribution in [3.63, 3.8) is 0 Å². The van der Waals surface area contributed by atoms with E-state index >= 15 is 0 Å². The van der Waals surface area contributed by atoms with E-state index in [-0.39, 0.29) is 18.2 Å². The second kappa shape index (κ2) is 8.48. The molecule has 0 aromatic heterocycles. The molecule has 0 aliphatic rings. The summed E-state index contributed by atoms with van der Waals surface area (Å²) in [6.45, 7) is 0.843. The maximum Gasteiger partial charge on any atom is 0.131 e. The number of rotatable bonds is 5. The van der Waals surface area contributed by atoms with Gasteiger partial charge in [-0.15, -0.1) is 12.4 Å². The van der Waals surface area contributed by atoms with E-state index < -0.39 is 0 Å². The third kappa shape index (κ3) is 4.13.